The first-order valence-electron chi connectivity index (χ1n) is 10.6. The summed E-state index contributed by atoms with van der Waals surface area (Å²) in [6.45, 7) is 3.63. The fraction of sp³-hybridized carbons (Fsp3) is 0.292. The molecule has 0 aliphatic carbocycles. The molecule has 4 aromatic rings. The molecule has 166 valence electrons. The van der Waals surface area contributed by atoms with Gasteiger partial charge in [-0.25, -0.2) is 0 Å². The molecular weight excluding hydrogens is 449 g/mol. The maximum Gasteiger partial charge on any atom is 0.289 e. The van der Waals surface area contributed by atoms with Gasteiger partial charge in [-0.3, -0.25) is 9.69 Å². The number of carbonyl (C=O) groups is 1. The zero-order valence-electron chi connectivity index (χ0n) is 17.4. The monoisotopic (exact) mass is 471 g/mol. The molecule has 2 aromatic heterocycles. The Morgan fingerprint density at radius 2 is 1.56 bits per heavy atom. The minimum Gasteiger partial charge on any atom is -0.459 e. The van der Waals surface area contributed by atoms with Crippen molar-refractivity contribution < 1.29 is 14.3 Å². The molecule has 0 saturated carbocycles. The van der Waals surface area contributed by atoms with Gasteiger partial charge in [0.2, 0.25) is 0 Å². The number of aliphatic hydroxyl groups is 1. The number of nitrogens with zero attached hydrogens (tertiary/aromatic N) is 3. The van der Waals surface area contributed by atoms with Crippen molar-refractivity contribution in [3.05, 3.63) is 70.6 Å². The van der Waals surface area contributed by atoms with Crippen molar-refractivity contribution >= 4 is 50.9 Å². The first kappa shape index (κ1) is 21.3. The number of aliphatic hydroxyl groups excluding tert-OH is 1. The molecule has 1 aliphatic rings. The average molecular weight is 472 g/mol. The first-order valence-corrected chi connectivity index (χ1v) is 11.4. The fourth-order valence-electron chi connectivity index (χ4n) is 4.50. The Labute approximate surface area is 195 Å². The predicted octanol–water partition coefficient (Wildman–Crippen LogP) is 4.51. The average Bonchev–Trinajstić information content (AvgIpc) is 3.41. The highest BCUT2D eigenvalue weighted by Gasteiger charge is 2.25. The summed E-state index contributed by atoms with van der Waals surface area (Å²) in [5, 5.41) is 14.3. The topological polar surface area (TPSA) is 61.9 Å². The molecule has 8 heteroatoms. The predicted molar refractivity (Wildman–Crippen MR) is 127 cm³/mol. The molecule has 0 radical (unpaired) electrons. The summed E-state index contributed by atoms with van der Waals surface area (Å²) in [5.74, 6) is 0.280. The van der Waals surface area contributed by atoms with Gasteiger partial charge in [0, 0.05) is 64.6 Å². The van der Waals surface area contributed by atoms with Gasteiger partial charge in [0.05, 0.1) is 18.9 Å². The first-order chi connectivity index (χ1) is 15.5. The second-order valence-corrected chi connectivity index (χ2v) is 9.03. The largest absolute Gasteiger partial charge is 0.459 e. The van der Waals surface area contributed by atoms with Gasteiger partial charge in [0.1, 0.15) is 0 Å². The SMILES string of the molecule is O=C(c1ccco1)N1CCN(CC(O)Cn2c3ccc(Cl)cc3c3cc(Cl)ccc32)CC1. The highest BCUT2D eigenvalue weighted by Crippen LogP contribution is 2.33. The van der Waals surface area contributed by atoms with E-state index in [9.17, 15) is 9.90 Å². The second-order valence-electron chi connectivity index (χ2n) is 8.16. The second kappa shape index (κ2) is 8.79. The summed E-state index contributed by atoms with van der Waals surface area (Å²) in [6, 6.07) is 15.0. The minimum absolute atomic E-state index is 0.0854. The van der Waals surface area contributed by atoms with Crippen LogP contribution in [0.25, 0.3) is 21.8 Å². The molecule has 1 atom stereocenters. The van der Waals surface area contributed by atoms with Gasteiger partial charge < -0.3 is 19.0 Å². The minimum atomic E-state index is -0.563. The van der Waals surface area contributed by atoms with Crippen LogP contribution in [0.4, 0.5) is 0 Å². The molecule has 3 heterocycles. The zero-order chi connectivity index (χ0) is 22.2. The van der Waals surface area contributed by atoms with Crippen molar-refractivity contribution in [2.45, 2.75) is 12.6 Å². The highest BCUT2D eigenvalue weighted by atomic mass is 35.5. The number of amides is 1. The maximum absolute atomic E-state index is 12.4. The molecule has 6 nitrogen and oxygen atoms in total. The number of β-amino-alcohol motifs (C(OH)–C–C–N with tert-alkyl or cyclic N) is 1. The number of carbonyl (C=O) groups excluding carboxylic acids is 1. The van der Waals surface area contributed by atoms with Gasteiger partial charge in [0.15, 0.2) is 5.76 Å². The Kier molecular flexibility index (Phi) is 5.86. The molecule has 1 aliphatic heterocycles. The van der Waals surface area contributed by atoms with Gasteiger partial charge in [-0.2, -0.15) is 0 Å². The molecule has 1 amide bonds. The summed E-state index contributed by atoms with van der Waals surface area (Å²) in [6.07, 6.45) is 0.948. The Balaban J connectivity index is 1.28. The number of furan rings is 1. The van der Waals surface area contributed by atoms with Crippen LogP contribution in [0.15, 0.2) is 59.2 Å². The van der Waals surface area contributed by atoms with Crippen molar-refractivity contribution in [2.24, 2.45) is 0 Å². The third kappa shape index (κ3) is 4.11. The maximum atomic E-state index is 12.4. The van der Waals surface area contributed by atoms with E-state index in [1.807, 2.05) is 36.4 Å². The van der Waals surface area contributed by atoms with Crippen LogP contribution in [-0.2, 0) is 6.54 Å². The highest BCUT2D eigenvalue weighted by molar-refractivity contribution is 6.33. The van der Waals surface area contributed by atoms with E-state index in [0.717, 1.165) is 21.8 Å². The lowest BCUT2D eigenvalue weighted by atomic mass is 10.1. The number of piperazine rings is 1. The van der Waals surface area contributed by atoms with Crippen LogP contribution >= 0.6 is 23.2 Å². The molecule has 1 fully saturated rings. The summed E-state index contributed by atoms with van der Waals surface area (Å²) in [7, 11) is 0. The smallest absolute Gasteiger partial charge is 0.289 e. The van der Waals surface area contributed by atoms with Crippen molar-refractivity contribution in [3.8, 4) is 0 Å². The van der Waals surface area contributed by atoms with Crippen molar-refractivity contribution in [2.75, 3.05) is 32.7 Å². The summed E-state index contributed by atoms with van der Waals surface area (Å²) in [5.41, 5.74) is 2.03. The Bertz CT molecular complexity index is 1200. The molecule has 0 bridgehead atoms. The summed E-state index contributed by atoms with van der Waals surface area (Å²) >= 11 is 12.5. The third-order valence-corrected chi connectivity index (χ3v) is 6.51. The van der Waals surface area contributed by atoms with Crippen molar-refractivity contribution in [1.29, 1.82) is 0 Å². The molecule has 1 saturated heterocycles. The fourth-order valence-corrected chi connectivity index (χ4v) is 4.85. The van der Waals surface area contributed by atoms with E-state index in [0.29, 0.717) is 55.1 Å². The lowest BCUT2D eigenvalue weighted by Gasteiger charge is -2.35. The molecule has 1 N–H and O–H groups in total. The molecule has 2 aromatic carbocycles. The van der Waals surface area contributed by atoms with E-state index in [4.69, 9.17) is 27.6 Å². The number of hydrogen-bond donors (Lipinski definition) is 1. The standard InChI is InChI=1S/C24H23Cl2N3O3/c25-16-3-5-21-19(12-16)20-13-17(26)4-6-22(20)29(21)15-18(30)14-27-7-9-28(10-8-27)24(31)23-2-1-11-32-23/h1-6,11-13,18,30H,7-10,14-15H2. The van der Waals surface area contributed by atoms with Crippen LogP contribution < -0.4 is 0 Å². The van der Waals surface area contributed by atoms with Gasteiger partial charge in [-0.15, -0.1) is 0 Å². The van der Waals surface area contributed by atoms with Crippen LogP contribution in [0.1, 0.15) is 10.6 Å². The number of fused-ring (bicyclic) bond motifs is 3. The number of benzene rings is 2. The Morgan fingerprint density at radius 1 is 0.938 bits per heavy atom. The van der Waals surface area contributed by atoms with E-state index < -0.39 is 6.10 Å². The number of hydrogen-bond acceptors (Lipinski definition) is 4. The molecule has 0 spiro atoms. The summed E-state index contributed by atoms with van der Waals surface area (Å²) < 4.78 is 7.34. The van der Waals surface area contributed by atoms with Gasteiger partial charge in [-0.05, 0) is 48.5 Å². The molecule has 5 rings (SSSR count). The van der Waals surface area contributed by atoms with Crippen LogP contribution in [0.3, 0.4) is 0 Å². The Hall–Kier alpha value is -2.51. The van der Waals surface area contributed by atoms with Gasteiger partial charge in [-0.1, -0.05) is 23.2 Å². The van der Waals surface area contributed by atoms with E-state index in [2.05, 4.69) is 9.47 Å². The van der Waals surface area contributed by atoms with Crippen LogP contribution in [0.2, 0.25) is 10.0 Å². The van der Waals surface area contributed by atoms with E-state index in [1.165, 1.54) is 6.26 Å². The Morgan fingerprint density at radius 3 is 2.12 bits per heavy atom. The number of rotatable bonds is 5. The number of halogens is 2. The lowest BCUT2D eigenvalue weighted by molar-refractivity contribution is 0.0481. The van der Waals surface area contributed by atoms with Crippen LogP contribution in [0.5, 0.6) is 0 Å². The third-order valence-electron chi connectivity index (χ3n) is 6.04. The van der Waals surface area contributed by atoms with E-state index >= 15 is 0 Å². The quantitative estimate of drug-likeness (QED) is 0.464. The zero-order valence-corrected chi connectivity index (χ0v) is 18.9. The summed E-state index contributed by atoms with van der Waals surface area (Å²) in [4.78, 5) is 16.4. The van der Waals surface area contributed by atoms with Crippen LogP contribution in [-0.4, -0.2) is 64.2 Å². The van der Waals surface area contributed by atoms with Crippen LogP contribution in [0, 0.1) is 0 Å². The normalized spacial score (nSPS) is 16.2. The van der Waals surface area contributed by atoms with E-state index in [-0.39, 0.29) is 5.91 Å². The van der Waals surface area contributed by atoms with Gasteiger partial charge in [0.25, 0.3) is 5.91 Å². The van der Waals surface area contributed by atoms with Crippen molar-refractivity contribution in [1.82, 2.24) is 14.4 Å². The lowest BCUT2D eigenvalue weighted by Crippen LogP contribution is -2.50. The van der Waals surface area contributed by atoms with Crippen molar-refractivity contribution in [3.63, 3.8) is 0 Å². The molecule has 1 unspecified atom stereocenters. The van der Waals surface area contributed by atoms with Gasteiger partial charge >= 0.3 is 0 Å². The number of aromatic nitrogens is 1. The molecular formula is C24H23Cl2N3O3. The van der Waals surface area contributed by atoms with E-state index in [1.54, 1.807) is 17.0 Å². The molecule has 32 heavy (non-hydrogen) atoms.